The maximum absolute atomic E-state index is 12.6. The van der Waals surface area contributed by atoms with E-state index in [2.05, 4.69) is 20.2 Å². The van der Waals surface area contributed by atoms with Crippen LogP contribution in [-0.4, -0.2) is 42.0 Å². The van der Waals surface area contributed by atoms with Crippen molar-refractivity contribution in [3.05, 3.63) is 41.9 Å². The van der Waals surface area contributed by atoms with Crippen LogP contribution in [0, 0.1) is 0 Å². The Hall–Kier alpha value is -3.16. The van der Waals surface area contributed by atoms with E-state index in [0.29, 0.717) is 11.3 Å². The lowest BCUT2D eigenvalue weighted by Crippen LogP contribution is -2.30. The van der Waals surface area contributed by atoms with Gasteiger partial charge in [-0.2, -0.15) is 0 Å². The molecule has 8 heteroatoms. The molecule has 136 valence electrons. The van der Waals surface area contributed by atoms with Gasteiger partial charge in [0.05, 0.1) is 30.9 Å². The third kappa shape index (κ3) is 3.90. The molecule has 2 amide bonds. The Bertz CT molecular complexity index is 818. The zero-order valence-electron chi connectivity index (χ0n) is 14.6. The fraction of sp³-hybridized carbons (Fsp3) is 0.333. The van der Waals surface area contributed by atoms with Crippen LogP contribution in [0.15, 0.2) is 30.6 Å². The number of hydrogen-bond donors (Lipinski definition) is 2. The minimum Gasteiger partial charge on any atom is -0.480 e. The molecule has 1 aliphatic rings. The van der Waals surface area contributed by atoms with Gasteiger partial charge in [-0.25, -0.2) is 4.98 Å². The first-order valence-corrected chi connectivity index (χ1v) is 8.44. The first-order valence-electron chi connectivity index (χ1n) is 8.44. The van der Waals surface area contributed by atoms with Crippen LogP contribution < -0.4 is 20.7 Å². The number of amides is 2. The molecule has 0 bridgehead atoms. The van der Waals surface area contributed by atoms with Gasteiger partial charge in [0.25, 0.3) is 5.91 Å². The highest BCUT2D eigenvalue weighted by molar-refractivity contribution is 6.06. The Kier molecular flexibility index (Phi) is 5.31. The summed E-state index contributed by atoms with van der Waals surface area (Å²) >= 11 is 0. The molecule has 1 fully saturated rings. The Morgan fingerprint density at radius 2 is 1.96 bits per heavy atom. The van der Waals surface area contributed by atoms with Crippen LogP contribution in [0.4, 0.5) is 11.4 Å². The topological polar surface area (TPSA) is 110 Å². The van der Waals surface area contributed by atoms with Gasteiger partial charge in [0.1, 0.15) is 0 Å². The Balaban J connectivity index is 1.91. The number of hydrogen-bond acceptors (Lipinski definition) is 6. The van der Waals surface area contributed by atoms with Crippen molar-refractivity contribution in [1.82, 2.24) is 9.97 Å². The van der Waals surface area contributed by atoms with Crippen LogP contribution in [0.5, 0.6) is 5.88 Å². The van der Waals surface area contributed by atoms with Crippen molar-refractivity contribution in [3.63, 3.8) is 0 Å². The number of aromatic nitrogens is 2. The van der Waals surface area contributed by atoms with E-state index in [0.717, 1.165) is 31.6 Å². The number of nitrogens with one attached hydrogen (secondary N) is 1. The Labute approximate surface area is 151 Å². The van der Waals surface area contributed by atoms with Gasteiger partial charge in [-0.15, -0.1) is 0 Å². The first kappa shape index (κ1) is 17.7. The van der Waals surface area contributed by atoms with Crippen LogP contribution in [-0.2, 0) is 0 Å². The van der Waals surface area contributed by atoms with E-state index in [1.807, 2.05) is 6.07 Å². The Morgan fingerprint density at radius 3 is 2.65 bits per heavy atom. The molecule has 1 aromatic heterocycles. The fourth-order valence-electron chi connectivity index (χ4n) is 2.94. The van der Waals surface area contributed by atoms with Crippen molar-refractivity contribution in [3.8, 4) is 5.88 Å². The minimum atomic E-state index is -0.549. The van der Waals surface area contributed by atoms with Crippen molar-refractivity contribution in [1.29, 1.82) is 0 Å². The third-order valence-corrected chi connectivity index (χ3v) is 4.28. The Morgan fingerprint density at radius 1 is 1.19 bits per heavy atom. The number of rotatable bonds is 5. The molecule has 3 N–H and O–H groups in total. The van der Waals surface area contributed by atoms with Gasteiger partial charge in [-0.05, 0) is 37.5 Å². The molecule has 0 unspecified atom stereocenters. The van der Waals surface area contributed by atoms with Gasteiger partial charge in [0, 0.05) is 18.7 Å². The van der Waals surface area contributed by atoms with E-state index in [1.54, 1.807) is 12.1 Å². The van der Waals surface area contributed by atoms with Crippen LogP contribution in [0.1, 0.15) is 40.1 Å². The lowest BCUT2D eigenvalue weighted by Gasteiger charge is -2.30. The van der Waals surface area contributed by atoms with E-state index >= 15 is 0 Å². The van der Waals surface area contributed by atoms with Crippen molar-refractivity contribution in [2.75, 3.05) is 30.4 Å². The SMILES string of the molecule is COc1cncc(C(=O)Nc2cc(C(N)=O)ccc2N2CCCCC2)n1. The van der Waals surface area contributed by atoms with Crippen LogP contribution in [0.3, 0.4) is 0 Å². The maximum atomic E-state index is 12.6. The van der Waals surface area contributed by atoms with E-state index in [1.165, 1.54) is 25.9 Å². The molecule has 0 aliphatic carbocycles. The number of nitrogens with zero attached hydrogens (tertiary/aromatic N) is 3. The van der Waals surface area contributed by atoms with E-state index in [4.69, 9.17) is 10.5 Å². The van der Waals surface area contributed by atoms with E-state index in [-0.39, 0.29) is 11.6 Å². The number of ether oxygens (including phenoxy) is 1. The minimum absolute atomic E-state index is 0.124. The third-order valence-electron chi connectivity index (χ3n) is 4.28. The van der Waals surface area contributed by atoms with Gasteiger partial charge in [0.15, 0.2) is 5.69 Å². The predicted octanol–water partition coefficient (Wildman–Crippen LogP) is 1.83. The van der Waals surface area contributed by atoms with Gasteiger partial charge in [-0.1, -0.05) is 0 Å². The number of piperidine rings is 1. The number of primary amides is 1. The van der Waals surface area contributed by atoms with Gasteiger partial charge >= 0.3 is 0 Å². The number of nitrogens with two attached hydrogens (primary N) is 1. The smallest absolute Gasteiger partial charge is 0.276 e. The summed E-state index contributed by atoms with van der Waals surface area (Å²) in [5.41, 5.74) is 7.23. The molecule has 1 aromatic carbocycles. The molecule has 0 atom stereocenters. The normalized spacial score (nSPS) is 14.0. The summed E-state index contributed by atoms with van der Waals surface area (Å²) < 4.78 is 5.00. The summed E-state index contributed by atoms with van der Waals surface area (Å²) in [5.74, 6) is -0.733. The number of carbonyl (C=O) groups is 2. The lowest BCUT2D eigenvalue weighted by molar-refractivity contribution is 0.0995. The van der Waals surface area contributed by atoms with Gasteiger partial charge < -0.3 is 20.7 Å². The van der Waals surface area contributed by atoms with Crippen LogP contribution in [0.25, 0.3) is 0 Å². The zero-order chi connectivity index (χ0) is 18.5. The molecule has 0 radical (unpaired) electrons. The molecule has 8 nitrogen and oxygen atoms in total. The standard InChI is InChI=1S/C18H21N5O3/c1-26-16-11-20-10-14(21-16)18(25)22-13-9-12(17(19)24)5-6-15(13)23-7-3-2-4-8-23/h5-6,9-11H,2-4,7-8H2,1H3,(H2,19,24)(H,22,25). The van der Waals surface area contributed by atoms with Crippen molar-refractivity contribution >= 4 is 23.2 Å². The molecule has 1 aliphatic heterocycles. The second-order valence-electron chi connectivity index (χ2n) is 6.04. The average Bonchev–Trinajstić information content (AvgIpc) is 2.68. The maximum Gasteiger partial charge on any atom is 0.276 e. The molecule has 0 spiro atoms. The second kappa shape index (κ2) is 7.81. The van der Waals surface area contributed by atoms with E-state index < -0.39 is 11.8 Å². The number of benzene rings is 1. The summed E-state index contributed by atoms with van der Waals surface area (Å²) in [6.45, 7) is 1.80. The molecular weight excluding hydrogens is 334 g/mol. The molecule has 3 rings (SSSR count). The van der Waals surface area contributed by atoms with Crippen molar-refractivity contribution in [2.45, 2.75) is 19.3 Å². The van der Waals surface area contributed by atoms with Gasteiger partial charge in [0.2, 0.25) is 11.8 Å². The number of anilines is 2. The number of methoxy groups -OCH3 is 1. The molecule has 2 heterocycles. The molecular formula is C18H21N5O3. The highest BCUT2D eigenvalue weighted by atomic mass is 16.5. The predicted molar refractivity (Wildman–Crippen MR) is 97.6 cm³/mol. The zero-order valence-corrected chi connectivity index (χ0v) is 14.6. The highest BCUT2D eigenvalue weighted by Crippen LogP contribution is 2.30. The molecule has 26 heavy (non-hydrogen) atoms. The first-order chi connectivity index (χ1) is 12.6. The largest absolute Gasteiger partial charge is 0.480 e. The quantitative estimate of drug-likeness (QED) is 0.846. The fourth-order valence-corrected chi connectivity index (χ4v) is 2.94. The second-order valence-corrected chi connectivity index (χ2v) is 6.04. The summed E-state index contributed by atoms with van der Waals surface area (Å²) in [5, 5.41) is 2.82. The summed E-state index contributed by atoms with van der Waals surface area (Å²) in [4.78, 5) is 34.4. The summed E-state index contributed by atoms with van der Waals surface area (Å²) in [6.07, 6.45) is 6.15. The van der Waals surface area contributed by atoms with Gasteiger partial charge in [-0.3, -0.25) is 14.6 Å². The molecule has 2 aromatic rings. The summed E-state index contributed by atoms with van der Waals surface area (Å²) in [6, 6.07) is 5.09. The van der Waals surface area contributed by atoms with Crippen molar-refractivity contribution in [2.24, 2.45) is 5.73 Å². The van der Waals surface area contributed by atoms with Crippen molar-refractivity contribution < 1.29 is 14.3 Å². The average molecular weight is 355 g/mol. The monoisotopic (exact) mass is 355 g/mol. The highest BCUT2D eigenvalue weighted by Gasteiger charge is 2.19. The lowest BCUT2D eigenvalue weighted by atomic mass is 10.1. The molecule has 0 saturated carbocycles. The van der Waals surface area contributed by atoms with Crippen LogP contribution in [0.2, 0.25) is 0 Å². The summed E-state index contributed by atoms with van der Waals surface area (Å²) in [7, 11) is 1.45. The molecule has 1 saturated heterocycles. The van der Waals surface area contributed by atoms with Crippen LogP contribution >= 0.6 is 0 Å². The van der Waals surface area contributed by atoms with E-state index in [9.17, 15) is 9.59 Å². The number of carbonyl (C=O) groups excluding carboxylic acids is 2.